The number of carbonyl (C=O) groups excluding carboxylic acids is 1. The number of pyridine rings is 1. The molecule has 1 aromatic rings. The Morgan fingerprint density at radius 1 is 1.30 bits per heavy atom. The number of nitrogens with zero attached hydrogens (tertiary/aromatic N) is 2. The molecule has 0 spiro atoms. The van der Waals surface area contributed by atoms with Crippen LogP contribution in [0.4, 0.5) is 4.79 Å². The van der Waals surface area contributed by atoms with E-state index in [1.807, 2.05) is 0 Å². The highest BCUT2D eigenvalue weighted by Crippen LogP contribution is 2.02. The molecule has 0 aromatic carbocycles. The molecule has 1 atom stereocenters. The van der Waals surface area contributed by atoms with E-state index in [0.29, 0.717) is 0 Å². The number of aromatic nitrogens is 1. The number of hydrogen-bond donors (Lipinski definition) is 3. The maximum absolute atomic E-state index is 11.8. The van der Waals surface area contributed by atoms with Crippen LogP contribution < -0.4 is 5.32 Å². The van der Waals surface area contributed by atoms with Gasteiger partial charge in [0.15, 0.2) is 0 Å². The van der Waals surface area contributed by atoms with Gasteiger partial charge in [-0.1, -0.05) is 0 Å². The first-order valence-corrected chi connectivity index (χ1v) is 5.75. The summed E-state index contributed by atoms with van der Waals surface area (Å²) in [6, 6.07) is 1.32. The highest BCUT2D eigenvalue weighted by molar-refractivity contribution is 5.86. The summed E-state index contributed by atoms with van der Waals surface area (Å²) in [5, 5.41) is 19.6. The summed E-state index contributed by atoms with van der Waals surface area (Å²) in [5.41, 5.74) is 0.822. The average molecular weight is 281 g/mol. The number of hydrogen-bond acceptors (Lipinski definition) is 4. The summed E-state index contributed by atoms with van der Waals surface area (Å²) >= 11 is 0. The van der Waals surface area contributed by atoms with Crippen LogP contribution in [-0.4, -0.2) is 51.2 Å². The van der Waals surface area contributed by atoms with Crippen LogP contribution in [0.15, 0.2) is 24.5 Å². The van der Waals surface area contributed by atoms with E-state index in [4.69, 9.17) is 10.2 Å². The van der Waals surface area contributed by atoms with Crippen molar-refractivity contribution in [1.82, 2.24) is 15.2 Å². The van der Waals surface area contributed by atoms with Crippen molar-refractivity contribution in [3.63, 3.8) is 0 Å². The Labute approximate surface area is 115 Å². The molecule has 0 saturated carbocycles. The normalized spacial score (nSPS) is 11.4. The van der Waals surface area contributed by atoms with Crippen molar-refractivity contribution >= 4 is 18.0 Å². The summed E-state index contributed by atoms with van der Waals surface area (Å²) < 4.78 is 0. The van der Waals surface area contributed by atoms with Crippen LogP contribution in [0.5, 0.6) is 0 Å². The second-order valence-corrected chi connectivity index (χ2v) is 4.15. The van der Waals surface area contributed by atoms with E-state index in [1.54, 1.807) is 24.5 Å². The molecule has 0 aliphatic carbocycles. The van der Waals surface area contributed by atoms with E-state index in [-0.39, 0.29) is 6.54 Å². The first kappa shape index (κ1) is 15.4. The SMILES string of the molecule is CN(Cc1ccncc1)C(=O)NC(CC(=O)O)C(=O)O. The van der Waals surface area contributed by atoms with Gasteiger partial charge in [-0.05, 0) is 17.7 Å². The van der Waals surface area contributed by atoms with Crippen molar-refractivity contribution in [3.8, 4) is 0 Å². The van der Waals surface area contributed by atoms with E-state index < -0.39 is 30.4 Å². The van der Waals surface area contributed by atoms with Gasteiger partial charge in [0.2, 0.25) is 0 Å². The van der Waals surface area contributed by atoms with Crippen molar-refractivity contribution in [2.75, 3.05) is 7.05 Å². The Kier molecular flexibility index (Phi) is 5.45. The first-order valence-electron chi connectivity index (χ1n) is 5.75. The third kappa shape index (κ3) is 4.92. The molecule has 3 N–H and O–H groups in total. The number of aliphatic carboxylic acids is 2. The molecular formula is C12H15N3O5. The fourth-order valence-electron chi connectivity index (χ4n) is 1.47. The van der Waals surface area contributed by atoms with Gasteiger partial charge in [-0.25, -0.2) is 9.59 Å². The minimum atomic E-state index is -1.46. The second-order valence-electron chi connectivity index (χ2n) is 4.15. The van der Waals surface area contributed by atoms with Crippen LogP contribution in [0.2, 0.25) is 0 Å². The van der Waals surface area contributed by atoms with Crippen LogP contribution in [0.3, 0.4) is 0 Å². The molecule has 0 fully saturated rings. The predicted octanol–water partition coefficient (Wildman–Crippen LogP) is 0.151. The molecule has 0 aliphatic rings. The Morgan fingerprint density at radius 3 is 2.40 bits per heavy atom. The van der Waals surface area contributed by atoms with Gasteiger partial charge in [-0.2, -0.15) is 0 Å². The van der Waals surface area contributed by atoms with E-state index in [2.05, 4.69) is 10.3 Å². The smallest absolute Gasteiger partial charge is 0.326 e. The Balaban J connectivity index is 2.59. The van der Waals surface area contributed by atoms with Gasteiger partial charge in [0.1, 0.15) is 6.04 Å². The standard InChI is InChI=1S/C12H15N3O5/c1-15(7-8-2-4-13-5-3-8)12(20)14-9(11(18)19)6-10(16)17/h2-5,9H,6-7H2,1H3,(H,14,20)(H,16,17)(H,18,19). The zero-order valence-corrected chi connectivity index (χ0v) is 10.8. The number of urea groups is 1. The monoisotopic (exact) mass is 281 g/mol. The number of carboxylic acids is 2. The number of carbonyl (C=O) groups is 3. The molecule has 1 rings (SSSR count). The third-order valence-corrected chi connectivity index (χ3v) is 2.49. The van der Waals surface area contributed by atoms with E-state index in [1.165, 1.54) is 11.9 Å². The van der Waals surface area contributed by atoms with Crippen LogP contribution in [-0.2, 0) is 16.1 Å². The summed E-state index contributed by atoms with van der Waals surface area (Å²) in [7, 11) is 1.48. The lowest BCUT2D eigenvalue weighted by molar-refractivity contribution is -0.145. The molecule has 0 bridgehead atoms. The Bertz CT molecular complexity index is 491. The molecule has 0 aliphatic heterocycles. The molecule has 2 amide bonds. The fourth-order valence-corrected chi connectivity index (χ4v) is 1.47. The van der Waals surface area contributed by atoms with E-state index in [9.17, 15) is 14.4 Å². The van der Waals surface area contributed by atoms with Crippen LogP contribution in [0.25, 0.3) is 0 Å². The van der Waals surface area contributed by atoms with Crippen LogP contribution >= 0.6 is 0 Å². The molecule has 0 saturated heterocycles. The molecule has 1 aromatic heterocycles. The lowest BCUT2D eigenvalue weighted by Gasteiger charge is -2.20. The summed E-state index contributed by atoms with van der Waals surface area (Å²) in [4.78, 5) is 38.3. The van der Waals surface area contributed by atoms with E-state index >= 15 is 0 Å². The minimum Gasteiger partial charge on any atom is -0.481 e. The largest absolute Gasteiger partial charge is 0.481 e. The van der Waals surface area contributed by atoms with Gasteiger partial charge in [0, 0.05) is 26.0 Å². The van der Waals surface area contributed by atoms with Crippen molar-refractivity contribution in [2.24, 2.45) is 0 Å². The highest BCUT2D eigenvalue weighted by Gasteiger charge is 2.24. The van der Waals surface area contributed by atoms with Gasteiger partial charge < -0.3 is 20.4 Å². The number of nitrogens with one attached hydrogen (secondary N) is 1. The Morgan fingerprint density at radius 2 is 1.90 bits per heavy atom. The molecule has 1 heterocycles. The second kappa shape index (κ2) is 7.07. The summed E-state index contributed by atoms with van der Waals surface area (Å²) in [5.74, 6) is -2.69. The predicted molar refractivity (Wildman–Crippen MR) is 67.9 cm³/mol. The minimum absolute atomic E-state index is 0.258. The first-order chi connectivity index (χ1) is 9.40. The van der Waals surface area contributed by atoms with Gasteiger partial charge in [0.25, 0.3) is 0 Å². The quantitative estimate of drug-likeness (QED) is 0.682. The molecule has 20 heavy (non-hydrogen) atoms. The Hall–Kier alpha value is -2.64. The maximum Gasteiger partial charge on any atom is 0.326 e. The van der Waals surface area contributed by atoms with Crippen LogP contribution in [0, 0.1) is 0 Å². The third-order valence-electron chi connectivity index (χ3n) is 2.49. The topological polar surface area (TPSA) is 120 Å². The summed E-state index contributed by atoms with van der Waals surface area (Å²) in [6.07, 6.45) is 2.47. The van der Waals surface area contributed by atoms with Gasteiger partial charge in [-0.3, -0.25) is 9.78 Å². The van der Waals surface area contributed by atoms with Gasteiger partial charge >= 0.3 is 18.0 Å². The highest BCUT2D eigenvalue weighted by atomic mass is 16.4. The average Bonchev–Trinajstić information content (AvgIpc) is 2.38. The zero-order valence-electron chi connectivity index (χ0n) is 10.8. The molecule has 1 unspecified atom stereocenters. The van der Waals surface area contributed by atoms with Crippen molar-refractivity contribution in [1.29, 1.82) is 0 Å². The number of amides is 2. The van der Waals surface area contributed by atoms with Crippen molar-refractivity contribution in [2.45, 2.75) is 19.0 Å². The van der Waals surface area contributed by atoms with Gasteiger partial charge in [-0.15, -0.1) is 0 Å². The number of rotatable bonds is 6. The molecular weight excluding hydrogens is 266 g/mol. The maximum atomic E-state index is 11.8. The molecule has 8 nitrogen and oxygen atoms in total. The molecule has 0 radical (unpaired) electrons. The summed E-state index contributed by atoms with van der Waals surface area (Å²) in [6.45, 7) is 0.258. The zero-order chi connectivity index (χ0) is 15.1. The number of carboxylic acid groups (broad SMARTS) is 2. The van der Waals surface area contributed by atoms with Crippen LogP contribution in [0.1, 0.15) is 12.0 Å². The fraction of sp³-hybridized carbons (Fsp3) is 0.333. The lowest BCUT2D eigenvalue weighted by Crippen LogP contribution is -2.47. The van der Waals surface area contributed by atoms with Crippen molar-refractivity contribution in [3.05, 3.63) is 30.1 Å². The lowest BCUT2D eigenvalue weighted by atomic mass is 10.2. The van der Waals surface area contributed by atoms with E-state index in [0.717, 1.165) is 5.56 Å². The van der Waals surface area contributed by atoms with Gasteiger partial charge in [0.05, 0.1) is 6.42 Å². The van der Waals surface area contributed by atoms with Crippen molar-refractivity contribution < 1.29 is 24.6 Å². The molecule has 108 valence electrons. The molecule has 8 heteroatoms.